The minimum Gasteiger partial charge on any atom is -0.497 e. The molecule has 0 unspecified atom stereocenters. The first-order chi connectivity index (χ1) is 17.6. The highest BCUT2D eigenvalue weighted by Crippen LogP contribution is 2.30. The fourth-order valence-electron chi connectivity index (χ4n) is 4.24. The number of hydrogen-bond donors (Lipinski definition) is 4. The largest absolute Gasteiger partial charge is 0.497 e. The summed E-state index contributed by atoms with van der Waals surface area (Å²) in [7, 11) is 2.82. The Labute approximate surface area is 213 Å². The van der Waals surface area contributed by atoms with Crippen LogP contribution in [0.25, 0.3) is 10.9 Å². The molecular formula is C26H31N5O6. The van der Waals surface area contributed by atoms with E-state index in [0.717, 1.165) is 0 Å². The maximum absolute atomic E-state index is 13.7. The maximum atomic E-state index is 13.7. The van der Waals surface area contributed by atoms with Crippen molar-refractivity contribution in [1.82, 2.24) is 20.2 Å². The fourth-order valence-corrected chi connectivity index (χ4v) is 4.24. The van der Waals surface area contributed by atoms with Crippen molar-refractivity contribution in [3.63, 3.8) is 0 Å². The van der Waals surface area contributed by atoms with Crippen molar-refractivity contribution < 1.29 is 23.9 Å². The molecule has 37 heavy (non-hydrogen) atoms. The van der Waals surface area contributed by atoms with E-state index in [4.69, 9.17) is 10.5 Å². The number of pyridine rings is 1. The van der Waals surface area contributed by atoms with Crippen LogP contribution in [0.5, 0.6) is 5.75 Å². The number of benzene rings is 1. The predicted molar refractivity (Wildman–Crippen MR) is 137 cm³/mol. The van der Waals surface area contributed by atoms with E-state index in [1.807, 2.05) is 13.8 Å². The van der Waals surface area contributed by atoms with Crippen LogP contribution in [0.3, 0.4) is 0 Å². The van der Waals surface area contributed by atoms with Gasteiger partial charge in [-0.15, -0.1) is 0 Å². The number of hydrogen-bond acceptors (Lipinski definition) is 6. The van der Waals surface area contributed by atoms with Gasteiger partial charge in [-0.05, 0) is 42.7 Å². The number of aromatic nitrogens is 2. The normalized spacial score (nSPS) is 12.7. The van der Waals surface area contributed by atoms with E-state index < -0.39 is 41.1 Å². The third-order valence-electron chi connectivity index (χ3n) is 6.02. The number of methoxy groups -OCH3 is 1. The van der Waals surface area contributed by atoms with Gasteiger partial charge in [0.2, 0.25) is 11.7 Å². The zero-order valence-electron chi connectivity index (χ0n) is 21.2. The number of amides is 3. The second kappa shape index (κ2) is 11.5. The zero-order valence-corrected chi connectivity index (χ0v) is 21.2. The van der Waals surface area contributed by atoms with Crippen LogP contribution >= 0.6 is 0 Å². The van der Waals surface area contributed by atoms with Gasteiger partial charge in [-0.3, -0.25) is 24.0 Å². The molecule has 2 aromatic heterocycles. The standard InChI is InChI=1S/C26H31N5O6/c1-14(2)10-21(31-19-8-7-17(37-4)11-16(19)13-20(31)23(27)33)25(35)30-18(22(32)26(36)28-3)12-15-6-5-9-29-24(15)34/h5-9,11,13-14,18,21H,10,12H2,1-4H3,(H2,27,33)(H,28,36)(H,29,34)(H,30,35)/t18-,21-/m0/s1. The van der Waals surface area contributed by atoms with Gasteiger partial charge < -0.3 is 30.7 Å². The highest BCUT2D eigenvalue weighted by atomic mass is 16.5. The molecule has 0 saturated heterocycles. The minimum atomic E-state index is -1.32. The van der Waals surface area contributed by atoms with Crippen molar-refractivity contribution in [2.45, 2.75) is 38.8 Å². The second-order valence-electron chi connectivity index (χ2n) is 9.07. The minimum absolute atomic E-state index is 0.0113. The number of carbonyl (C=O) groups is 4. The molecule has 11 heteroatoms. The quantitative estimate of drug-likeness (QED) is 0.282. The summed E-state index contributed by atoms with van der Waals surface area (Å²) < 4.78 is 6.82. The Kier molecular flexibility index (Phi) is 8.49. The third-order valence-corrected chi connectivity index (χ3v) is 6.02. The Morgan fingerprint density at radius 3 is 2.46 bits per heavy atom. The SMILES string of the molecule is CNC(=O)C(=O)[C@H](Cc1ccc[nH]c1=O)NC(=O)[C@H](CC(C)C)n1c(C(N)=O)cc2cc(OC)ccc21. The van der Waals surface area contributed by atoms with Gasteiger partial charge in [0.1, 0.15) is 23.5 Å². The summed E-state index contributed by atoms with van der Waals surface area (Å²) in [5.74, 6) is -2.56. The molecule has 196 valence electrons. The predicted octanol–water partition coefficient (Wildman–Crippen LogP) is 1.07. The molecular weight excluding hydrogens is 478 g/mol. The number of likely N-dealkylation sites (N-methyl/N-ethyl adjacent to an activating group) is 1. The number of nitrogens with one attached hydrogen (secondary N) is 3. The smallest absolute Gasteiger partial charge is 0.289 e. The van der Waals surface area contributed by atoms with Crippen molar-refractivity contribution in [2.75, 3.05) is 14.2 Å². The van der Waals surface area contributed by atoms with E-state index in [9.17, 15) is 24.0 Å². The number of carbonyl (C=O) groups excluding carboxylic acids is 4. The molecule has 3 aromatic rings. The summed E-state index contributed by atoms with van der Waals surface area (Å²) in [5.41, 5.74) is 6.14. The highest BCUT2D eigenvalue weighted by molar-refractivity contribution is 6.38. The van der Waals surface area contributed by atoms with Crippen molar-refractivity contribution in [2.24, 2.45) is 11.7 Å². The van der Waals surface area contributed by atoms with E-state index >= 15 is 0 Å². The second-order valence-corrected chi connectivity index (χ2v) is 9.07. The summed E-state index contributed by atoms with van der Waals surface area (Å²) in [6, 6.07) is 7.57. The first-order valence-electron chi connectivity index (χ1n) is 11.8. The number of fused-ring (bicyclic) bond motifs is 1. The van der Waals surface area contributed by atoms with Gasteiger partial charge in [0.15, 0.2) is 0 Å². The summed E-state index contributed by atoms with van der Waals surface area (Å²) in [6.45, 7) is 3.82. The Morgan fingerprint density at radius 1 is 1.14 bits per heavy atom. The van der Waals surface area contributed by atoms with E-state index in [1.165, 1.54) is 26.4 Å². The number of aromatic amines is 1. The highest BCUT2D eigenvalue weighted by Gasteiger charge is 2.33. The first kappa shape index (κ1) is 27.2. The molecule has 11 nitrogen and oxygen atoms in total. The Hall–Kier alpha value is -4.41. The molecule has 0 spiro atoms. The lowest BCUT2D eigenvalue weighted by Crippen LogP contribution is -2.50. The molecule has 0 aliphatic rings. The van der Waals surface area contributed by atoms with Crippen LogP contribution in [-0.2, 0) is 20.8 Å². The van der Waals surface area contributed by atoms with Gasteiger partial charge in [-0.2, -0.15) is 0 Å². The van der Waals surface area contributed by atoms with E-state index in [0.29, 0.717) is 23.1 Å². The van der Waals surface area contributed by atoms with Crippen LogP contribution in [0, 0.1) is 5.92 Å². The average Bonchev–Trinajstić information content (AvgIpc) is 3.25. The number of nitrogens with zero attached hydrogens (tertiary/aromatic N) is 1. The van der Waals surface area contributed by atoms with Crippen LogP contribution in [0.2, 0.25) is 0 Å². The molecule has 0 aliphatic carbocycles. The van der Waals surface area contributed by atoms with Crippen LogP contribution in [0.4, 0.5) is 0 Å². The first-order valence-corrected chi connectivity index (χ1v) is 11.8. The molecule has 5 N–H and O–H groups in total. The maximum Gasteiger partial charge on any atom is 0.289 e. The Bertz CT molecular complexity index is 1390. The van der Waals surface area contributed by atoms with Crippen LogP contribution < -0.4 is 26.7 Å². The fraction of sp³-hybridized carbons (Fsp3) is 0.346. The van der Waals surface area contributed by atoms with Crippen LogP contribution in [0.15, 0.2) is 47.4 Å². The molecule has 0 fully saturated rings. The van der Waals surface area contributed by atoms with Crippen molar-refractivity contribution in [3.05, 3.63) is 64.2 Å². The van der Waals surface area contributed by atoms with Gasteiger partial charge in [0.25, 0.3) is 17.4 Å². The number of H-pyrrole nitrogens is 1. The lowest BCUT2D eigenvalue weighted by atomic mass is 9.99. The Balaban J connectivity index is 2.08. The molecule has 3 rings (SSSR count). The van der Waals surface area contributed by atoms with E-state index in [-0.39, 0.29) is 23.6 Å². The molecule has 0 saturated carbocycles. The number of ether oxygens (including phenoxy) is 1. The molecule has 1 aromatic carbocycles. The van der Waals surface area contributed by atoms with E-state index in [2.05, 4.69) is 15.6 Å². The van der Waals surface area contributed by atoms with Gasteiger partial charge >= 0.3 is 0 Å². The number of primary amides is 1. The number of Topliss-reactive ketones (excluding diaryl/α,β-unsaturated/α-hetero) is 1. The monoisotopic (exact) mass is 509 g/mol. The number of rotatable bonds is 11. The molecule has 3 amide bonds. The summed E-state index contributed by atoms with van der Waals surface area (Å²) in [5, 5.41) is 5.56. The van der Waals surface area contributed by atoms with Gasteiger partial charge in [-0.25, -0.2) is 0 Å². The lowest BCUT2D eigenvalue weighted by Gasteiger charge is -2.26. The van der Waals surface area contributed by atoms with Gasteiger partial charge in [-0.1, -0.05) is 19.9 Å². The number of nitrogens with two attached hydrogens (primary N) is 1. The number of ketones is 1. The van der Waals surface area contributed by atoms with Crippen molar-refractivity contribution in [3.8, 4) is 5.75 Å². The average molecular weight is 510 g/mol. The molecule has 0 aliphatic heterocycles. The summed E-state index contributed by atoms with van der Waals surface area (Å²) >= 11 is 0. The summed E-state index contributed by atoms with van der Waals surface area (Å²) in [6.07, 6.45) is 1.54. The topological polar surface area (TPSA) is 165 Å². The zero-order chi connectivity index (χ0) is 27.3. The van der Waals surface area contributed by atoms with Crippen molar-refractivity contribution in [1.29, 1.82) is 0 Å². The van der Waals surface area contributed by atoms with Gasteiger partial charge in [0, 0.05) is 36.1 Å². The molecule has 2 heterocycles. The van der Waals surface area contributed by atoms with Gasteiger partial charge in [0.05, 0.1) is 7.11 Å². The van der Waals surface area contributed by atoms with E-state index in [1.54, 1.807) is 34.9 Å². The van der Waals surface area contributed by atoms with Crippen LogP contribution in [0.1, 0.15) is 42.4 Å². The van der Waals surface area contributed by atoms with Crippen LogP contribution in [-0.4, -0.2) is 53.3 Å². The molecule has 0 radical (unpaired) electrons. The molecule has 2 atom stereocenters. The summed E-state index contributed by atoms with van der Waals surface area (Å²) in [4.78, 5) is 66.0. The third kappa shape index (κ3) is 6.05. The Morgan fingerprint density at radius 2 is 1.86 bits per heavy atom. The van der Waals surface area contributed by atoms with Crippen molar-refractivity contribution >= 4 is 34.4 Å². The lowest BCUT2D eigenvalue weighted by molar-refractivity contribution is -0.140. The molecule has 0 bridgehead atoms.